The van der Waals surface area contributed by atoms with Crippen LogP contribution >= 0.6 is 0 Å². The number of nitrogens with one attached hydrogen (secondary N) is 1. The van der Waals surface area contributed by atoms with Crippen molar-refractivity contribution in [3.63, 3.8) is 0 Å². The highest BCUT2D eigenvalue weighted by atomic mass is 19.1. The van der Waals surface area contributed by atoms with E-state index in [1.54, 1.807) is 12.1 Å². The van der Waals surface area contributed by atoms with Gasteiger partial charge in [0.25, 0.3) is 5.91 Å². The number of benzene rings is 1. The molecule has 1 aliphatic carbocycles. The third-order valence-corrected chi connectivity index (χ3v) is 5.24. The van der Waals surface area contributed by atoms with Crippen molar-refractivity contribution < 1.29 is 14.4 Å². The molecule has 4 nitrogen and oxygen atoms in total. The van der Waals surface area contributed by atoms with Crippen LogP contribution in [0.25, 0.3) is 0 Å². The van der Waals surface area contributed by atoms with E-state index in [2.05, 4.69) is 4.90 Å². The molecule has 134 valence electrons. The Morgan fingerprint density at radius 1 is 1.25 bits per heavy atom. The van der Waals surface area contributed by atoms with E-state index in [0.717, 1.165) is 13.1 Å². The molecule has 1 saturated carbocycles. The molecule has 1 aliphatic heterocycles. The van der Waals surface area contributed by atoms with Gasteiger partial charge in [-0.15, -0.1) is 0 Å². The minimum Gasteiger partial charge on any atom is -0.298 e. The van der Waals surface area contributed by atoms with Gasteiger partial charge in [-0.1, -0.05) is 39.2 Å². The molecule has 5 heteroatoms. The monoisotopic (exact) mass is 336 g/mol. The molecule has 1 aromatic rings. The summed E-state index contributed by atoms with van der Waals surface area (Å²) in [5.41, 5.74) is 2.73. The third kappa shape index (κ3) is 4.33. The zero-order valence-electron chi connectivity index (χ0n) is 14.8. The van der Waals surface area contributed by atoms with E-state index in [4.69, 9.17) is 5.21 Å². The van der Waals surface area contributed by atoms with E-state index in [9.17, 15) is 9.18 Å². The SMILES string of the molecule is CC.O=C(NO)c1ccc(CN2CCC3(CCCCC3)C2)c(F)c1. The minimum atomic E-state index is -0.687. The van der Waals surface area contributed by atoms with Gasteiger partial charge in [0.15, 0.2) is 0 Å². The lowest BCUT2D eigenvalue weighted by Gasteiger charge is -2.33. The van der Waals surface area contributed by atoms with Crippen molar-refractivity contribution in [1.82, 2.24) is 10.4 Å². The molecule has 2 aliphatic rings. The van der Waals surface area contributed by atoms with Gasteiger partial charge in [-0.25, -0.2) is 9.87 Å². The van der Waals surface area contributed by atoms with Crippen molar-refractivity contribution in [2.75, 3.05) is 13.1 Å². The number of hydrogen-bond donors (Lipinski definition) is 2. The highest BCUT2D eigenvalue weighted by Gasteiger charge is 2.38. The second kappa shape index (κ2) is 8.58. The maximum atomic E-state index is 14.1. The first-order chi connectivity index (χ1) is 11.6. The van der Waals surface area contributed by atoms with Gasteiger partial charge in [-0.3, -0.25) is 14.9 Å². The second-order valence-corrected chi connectivity index (χ2v) is 6.77. The van der Waals surface area contributed by atoms with Crippen molar-refractivity contribution in [3.05, 3.63) is 35.1 Å². The molecule has 1 amide bonds. The Morgan fingerprint density at radius 2 is 1.96 bits per heavy atom. The van der Waals surface area contributed by atoms with Gasteiger partial charge in [0.2, 0.25) is 0 Å². The Balaban J connectivity index is 0.00000100. The molecule has 24 heavy (non-hydrogen) atoms. The van der Waals surface area contributed by atoms with E-state index in [1.807, 2.05) is 13.8 Å². The highest BCUT2D eigenvalue weighted by Crippen LogP contribution is 2.44. The lowest BCUT2D eigenvalue weighted by molar-refractivity contribution is 0.0706. The fraction of sp³-hybridized carbons (Fsp3) is 0.632. The quantitative estimate of drug-likeness (QED) is 0.645. The first kappa shape index (κ1) is 18.9. The van der Waals surface area contributed by atoms with E-state index in [0.29, 0.717) is 17.5 Å². The van der Waals surface area contributed by atoms with Crippen LogP contribution in [0.5, 0.6) is 0 Å². The summed E-state index contributed by atoms with van der Waals surface area (Å²) in [6.07, 6.45) is 7.84. The number of rotatable bonds is 3. The molecule has 0 atom stereocenters. The molecule has 1 heterocycles. The van der Waals surface area contributed by atoms with E-state index < -0.39 is 5.91 Å². The predicted molar refractivity (Wildman–Crippen MR) is 92.4 cm³/mol. The number of amides is 1. The largest absolute Gasteiger partial charge is 0.298 e. The van der Waals surface area contributed by atoms with Crippen molar-refractivity contribution in [2.45, 2.75) is 58.9 Å². The molecule has 3 rings (SSSR count). The summed E-state index contributed by atoms with van der Waals surface area (Å²) in [4.78, 5) is 13.6. The summed E-state index contributed by atoms with van der Waals surface area (Å²) in [7, 11) is 0. The molecule has 0 radical (unpaired) electrons. The Kier molecular flexibility index (Phi) is 6.75. The normalized spacial score (nSPS) is 19.7. The Bertz CT molecular complexity index is 556. The summed E-state index contributed by atoms with van der Waals surface area (Å²) in [5, 5.41) is 8.59. The van der Waals surface area contributed by atoms with Crippen LogP contribution in [0.1, 0.15) is 68.3 Å². The maximum absolute atomic E-state index is 14.1. The smallest absolute Gasteiger partial charge is 0.274 e. The molecule has 1 aromatic carbocycles. The molecule has 1 spiro atoms. The number of halogens is 1. The van der Waals surface area contributed by atoms with Crippen LogP contribution < -0.4 is 5.48 Å². The average molecular weight is 336 g/mol. The van der Waals surface area contributed by atoms with Gasteiger partial charge in [0, 0.05) is 24.2 Å². The predicted octanol–water partition coefficient (Wildman–Crippen LogP) is 4.13. The number of hydrogen-bond acceptors (Lipinski definition) is 3. The van der Waals surface area contributed by atoms with Crippen molar-refractivity contribution >= 4 is 5.91 Å². The molecule has 0 unspecified atom stereocenters. The Hall–Kier alpha value is -1.46. The topological polar surface area (TPSA) is 52.6 Å². The van der Waals surface area contributed by atoms with Gasteiger partial charge >= 0.3 is 0 Å². The van der Waals surface area contributed by atoms with Crippen LogP contribution in [0.2, 0.25) is 0 Å². The third-order valence-electron chi connectivity index (χ3n) is 5.24. The zero-order valence-corrected chi connectivity index (χ0v) is 14.8. The lowest BCUT2D eigenvalue weighted by Crippen LogP contribution is -2.29. The van der Waals surface area contributed by atoms with Gasteiger partial charge < -0.3 is 0 Å². The number of carbonyl (C=O) groups is 1. The maximum Gasteiger partial charge on any atom is 0.274 e. The van der Waals surface area contributed by atoms with Crippen LogP contribution in [0, 0.1) is 11.2 Å². The summed E-state index contributed by atoms with van der Waals surface area (Å²) in [6, 6.07) is 4.38. The molecular weight excluding hydrogens is 307 g/mol. The fourth-order valence-electron chi connectivity index (χ4n) is 3.99. The van der Waals surface area contributed by atoms with Crippen LogP contribution in [-0.4, -0.2) is 29.1 Å². The zero-order chi connectivity index (χ0) is 17.6. The van der Waals surface area contributed by atoms with E-state index in [-0.39, 0.29) is 11.4 Å². The standard InChI is InChI=1S/C17H23FN2O2.C2H6/c18-15-10-13(16(21)19-22)4-5-14(15)11-20-9-8-17(12-20)6-2-1-3-7-17;1-2/h4-5,10,22H,1-3,6-9,11-12H2,(H,19,21);1-2H3. The highest BCUT2D eigenvalue weighted by molar-refractivity contribution is 5.93. The van der Waals surface area contributed by atoms with Crippen LogP contribution in [0.4, 0.5) is 4.39 Å². The molecule has 0 bridgehead atoms. The Labute approximate surface area is 144 Å². The summed E-state index contributed by atoms with van der Waals surface area (Å²) >= 11 is 0. The number of hydroxylamine groups is 1. The van der Waals surface area contributed by atoms with Gasteiger partial charge in [-0.2, -0.15) is 0 Å². The van der Waals surface area contributed by atoms with Crippen LogP contribution in [0.15, 0.2) is 18.2 Å². The summed E-state index contributed by atoms with van der Waals surface area (Å²) in [6.45, 7) is 6.68. The van der Waals surface area contributed by atoms with E-state index in [1.165, 1.54) is 50.1 Å². The molecule has 1 saturated heterocycles. The van der Waals surface area contributed by atoms with Crippen molar-refractivity contribution in [3.8, 4) is 0 Å². The number of likely N-dealkylation sites (tertiary alicyclic amines) is 1. The molecule has 0 aromatic heterocycles. The molecule has 2 N–H and O–H groups in total. The summed E-state index contributed by atoms with van der Waals surface area (Å²) < 4.78 is 14.1. The van der Waals surface area contributed by atoms with Gasteiger partial charge in [-0.05, 0) is 43.4 Å². The number of carbonyl (C=O) groups excluding carboxylic acids is 1. The van der Waals surface area contributed by atoms with Crippen molar-refractivity contribution in [1.29, 1.82) is 0 Å². The number of nitrogens with zero attached hydrogens (tertiary/aromatic N) is 1. The first-order valence-corrected chi connectivity index (χ1v) is 9.07. The average Bonchev–Trinajstić information content (AvgIpc) is 3.00. The fourth-order valence-corrected chi connectivity index (χ4v) is 3.99. The van der Waals surface area contributed by atoms with Gasteiger partial charge in [0.1, 0.15) is 5.82 Å². The minimum absolute atomic E-state index is 0.133. The molecule has 2 fully saturated rings. The molecular formula is C19H29FN2O2. The van der Waals surface area contributed by atoms with Crippen LogP contribution in [-0.2, 0) is 6.54 Å². The summed E-state index contributed by atoms with van der Waals surface area (Å²) in [5.74, 6) is -1.07. The van der Waals surface area contributed by atoms with Crippen LogP contribution in [0.3, 0.4) is 0 Å². The lowest BCUT2D eigenvalue weighted by atomic mass is 9.73. The Morgan fingerprint density at radius 3 is 2.58 bits per heavy atom. The van der Waals surface area contributed by atoms with Gasteiger partial charge in [0.05, 0.1) is 0 Å². The first-order valence-electron chi connectivity index (χ1n) is 9.07. The van der Waals surface area contributed by atoms with Crippen molar-refractivity contribution in [2.24, 2.45) is 5.41 Å². The second-order valence-electron chi connectivity index (χ2n) is 6.77. The van der Waals surface area contributed by atoms with E-state index >= 15 is 0 Å².